The van der Waals surface area contributed by atoms with Gasteiger partial charge in [0.15, 0.2) is 0 Å². The molecule has 0 saturated carbocycles. The van der Waals surface area contributed by atoms with E-state index < -0.39 is 0 Å². The number of allylic oxidation sites excluding steroid dienone is 1. The molecule has 3 aliphatic rings. The molecule has 1 aromatic rings. The van der Waals surface area contributed by atoms with Crippen LogP contribution in [0, 0.1) is 0 Å². The molecule has 1 atom stereocenters. The molecule has 6 nitrogen and oxygen atoms in total. The molecular formula is C18H27N5O. The van der Waals surface area contributed by atoms with Crippen molar-refractivity contribution in [2.24, 2.45) is 0 Å². The summed E-state index contributed by atoms with van der Waals surface area (Å²) in [4.78, 5) is 16.3. The molecular weight excluding hydrogens is 302 g/mol. The average Bonchev–Trinajstić information content (AvgIpc) is 2.70. The number of nitrogens with zero attached hydrogens (tertiary/aromatic N) is 5. The van der Waals surface area contributed by atoms with Gasteiger partial charge in [-0.1, -0.05) is 12.2 Å². The van der Waals surface area contributed by atoms with Crippen LogP contribution in [0.4, 0.5) is 11.6 Å². The summed E-state index contributed by atoms with van der Waals surface area (Å²) in [5.74, 6) is 2.09. The van der Waals surface area contributed by atoms with Gasteiger partial charge in [0.25, 0.3) is 0 Å². The Bertz CT molecular complexity index is 564. The number of ether oxygens (including phenoxy) is 1. The van der Waals surface area contributed by atoms with Crippen LogP contribution in [-0.4, -0.2) is 73.4 Å². The summed E-state index contributed by atoms with van der Waals surface area (Å²) in [6.07, 6.45) is 10.3. The first-order valence-corrected chi connectivity index (χ1v) is 9.20. The molecule has 0 amide bonds. The lowest BCUT2D eigenvalue weighted by Crippen LogP contribution is -2.50. The largest absolute Gasteiger partial charge is 0.378 e. The van der Waals surface area contributed by atoms with Gasteiger partial charge in [0.1, 0.15) is 18.0 Å². The number of hydrogen-bond donors (Lipinski definition) is 0. The quantitative estimate of drug-likeness (QED) is 0.784. The van der Waals surface area contributed by atoms with E-state index in [2.05, 4.69) is 42.9 Å². The van der Waals surface area contributed by atoms with Gasteiger partial charge < -0.3 is 14.5 Å². The van der Waals surface area contributed by atoms with Crippen molar-refractivity contribution in [3.63, 3.8) is 0 Å². The number of aromatic nitrogens is 2. The lowest BCUT2D eigenvalue weighted by Gasteiger charge is -2.39. The molecule has 0 radical (unpaired) electrons. The zero-order valence-electron chi connectivity index (χ0n) is 14.3. The van der Waals surface area contributed by atoms with Gasteiger partial charge >= 0.3 is 0 Å². The van der Waals surface area contributed by atoms with Crippen LogP contribution < -0.4 is 9.80 Å². The van der Waals surface area contributed by atoms with Crippen molar-refractivity contribution >= 4 is 11.6 Å². The van der Waals surface area contributed by atoms with Crippen LogP contribution in [-0.2, 0) is 4.74 Å². The zero-order chi connectivity index (χ0) is 16.2. The highest BCUT2D eigenvalue weighted by molar-refractivity contribution is 5.50. The van der Waals surface area contributed by atoms with E-state index in [9.17, 15) is 0 Å². The molecule has 2 fully saturated rings. The van der Waals surface area contributed by atoms with E-state index >= 15 is 0 Å². The summed E-state index contributed by atoms with van der Waals surface area (Å²) in [6, 6.07) is 2.79. The minimum atomic E-state index is 0.648. The third-order valence-corrected chi connectivity index (χ3v) is 5.31. The Hall–Kier alpha value is -1.66. The predicted molar refractivity (Wildman–Crippen MR) is 95.6 cm³/mol. The molecule has 0 unspecified atom stereocenters. The van der Waals surface area contributed by atoms with E-state index in [1.54, 1.807) is 6.33 Å². The maximum atomic E-state index is 5.43. The van der Waals surface area contributed by atoms with E-state index in [1.165, 1.54) is 19.3 Å². The number of anilines is 2. The molecule has 2 aliphatic heterocycles. The van der Waals surface area contributed by atoms with Crippen LogP contribution in [0.5, 0.6) is 0 Å². The Morgan fingerprint density at radius 2 is 1.62 bits per heavy atom. The zero-order valence-corrected chi connectivity index (χ0v) is 14.3. The van der Waals surface area contributed by atoms with E-state index in [4.69, 9.17) is 4.74 Å². The molecule has 6 heteroatoms. The minimum Gasteiger partial charge on any atom is -0.378 e. The Kier molecular flexibility index (Phi) is 4.94. The fourth-order valence-corrected chi connectivity index (χ4v) is 3.86. The molecule has 0 N–H and O–H groups in total. The van der Waals surface area contributed by atoms with E-state index in [0.29, 0.717) is 6.04 Å². The second-order valence-corrected chi connectivity index (χ2v) is 6.78. The fourth-order valence-electron chi connectivity index (χ4n) is 3.86. The first-order chi connectivity index (χ1) is 11.9. The second kappa shape index (κ2) is 7.49. The molecule has 0 bridgehead atoms. The van der Waals surface area contributed by atoms with Gasteiger partial charge in [-0.2, -0.15) is 0 Å². The molecule has 3 heterocycles. The summed E-state index contributed by atoms with van der Waals surface area (Å²) < 4.78 is 5.43. The lowest BCUT2D eigenvalue weighted by molar-refractivity contribution is 0.122. The Morgan fingerprint density at radius 1 is 0.917 bits per heavy atom. The first-order valence-electron chi connectivity index (χ1n) is 9.20. The number of piperazine rings is 1. The number of hydrogen-bond acceptors (Lipinski definition) is 6. The normalized spacial score (nSPS) is 25.9. The molecule has 0 spiro atoms. The van der Waals surface area contributed by atoms with Gasteiger partial charge in [0.2, 0.25) is 0 Å². The van der Waals surface area contributed by atoms with E-state index in [0.717, 1.165) is 64.1 Å². The van der Waals surface area contributed by atoms with Gasteiger partial charge in [0, 0.05) is 51.4 Å². The van der Waals surface area contributed by atoms with Crippen molar-refractivity contribution < 1.29 is 4.74 Å². The topological polar surface area (TPSA) is 44.7 Å². The Morgan fingerprint density at radius 3 is 2.29 bits per heavy atom. The summed E-state index contributed by atoms with van der Waals surface area (Å²) in [6.45, 7) is 7.72. The molecule has 1 aliphatic carbocycles. The van der Waals surface area contributed by atoms with Gasteiger partial charge in [-0.3, -0.25) is 4.90 Å². The highest BCUT2D eigenvalue weighted by atomic mass is 16.5. The van der Waals surface area contributed by atoms with Gasteiger partial charge in [0.05, 0.1) is 13.2 Å². The molecule has 130 valence electrons. The number of morpholine rings is 1. The standard InChI is InChI=1S/C18H27N5O/c1-2-4-16(5-3-1)21-6-8-22(9-7-21)17-14-18(20-15-19-17)23-10-12-24-13-11-23/h2,4,14-16H,1,3,5-13H2/t16-/m1/s1. The van der Waals surface area contributed by atoms with Crippen LogP contribution in [0.15, 0.2) is 24.5 Å². The Labute approximate surface area is 144 Å². The van der Waals surface area contributed by atoms with Crippen molar-refractivity contribution in [1.82, 2.24) is 14.9 Å². The summed E-state index contributed by atoms with van der Waals surface area (Å²) in [5, 5.41) is 0. The number of rotatable bonds is 3. The van der Waals surface area contributed by atoms with Crippen LogP contribution in [0.25, 0.3) is 0 Å². The van der Waals surface area contributed by atoms with Gasteiger partial charge in [-0.25, -0.2) is 9.97 Å². The maximum absolute atomic E-state index is 5.43. The molecule has 2 saturated heterocycles. The summed E-state index contributed by atoms with van der Waals surface area (Å²) >= 11 is 0. The predicted octanol–water partition coefficient (Wildman–Crippen LogP) is 1.54. The SMILES string of the molecule is C1=C[C@@H](N2CCN(c3cc(N4CCOCC4)ncn3)CC2)CCC1. The minimum absolute atomic E-state index is 0.648. The average molecular weight is 329 g/mol. The van der Waals surface area contributed by atoms with Gasteiger partial charge in [-0.15, -0.1) is 0 Å². The fraction of sp³-hybridized carbons (Fsp3) is 0.667. The summed E-state index contributed by atoms with van der Waals surface area (Å²) in [5.41, 5.74) is 0. The monoisotopic (exact) mass is 329 g/mol. The lowest BCUT2D eigenvalue weighted by atomic mass is 10.0. The molecule has 0 aromatic carbocycles. The summed E-state index contributed by atoms with van der Waals surface area (Å²) in [7, 11) is 0. The van der Waals surface area contributed by atoms with E-state index in [1.807, 2.05) is 0 Å². The third-order valence-electron chi connectivity index (χ3n) is 5.31. The van der Waals surface area contributed by atoms with Crippen molar-refractivity contribution in [3.05, 3.63) is 24.5 Å². The Balaban J connectivity index is 1.38. The molecule has 1 aromatic heterocycles. The van der Waals surface area contributed by atoms with Crippen molar-refractivity contribution in [2.75, 3.05) is 62.3 Å². The van der Waals surface area contributed by atoms with Crippen LogP contribution in [0.2, 0.25) is 0 Å². The van der Waals surface area contributed by atoms with Crippen molar-refractivity contribution in [3.8, 4) is 0 Å². The highest BCUT2D eigenvalue weighted by Crippen LogP contribution is 2.22. The smallest absolute Gasteiger partial charge is 0.134 e. The third kappa shape index (κ3) is 3.54. The van der Waals surface area contributed by atoms with E-state index in [-0.39, 0.29) is 0 Å². The van der Waals surface area contributed by atoms with Crippen LogP contribution in [0.1, 0.15) is 19.3 Å². The second-order valence-electron chi connectivity index (χ2n) is 6.78. The first kappa shape index (κ1) is 15.8. The maximum Gasteiger partial charge on any atom is 0.134 e. The van der Waals surface area contributed by atoms with Crippen LogP contribution >= 0.6 is 0 Å². The van der Waals surface area contributed by atoms with Crippen molar-refractivity contribution in [1.29, 1.82) is 0 Å². The highest BCUT2D eigenvalue weighted by Gasteiger charge is 2.24. The molecule has 24 heavy (non-hydrogen) atoms. The van der Waals surface area contributed by atoms with Crippen LogP contribution in [0.3, 0.4) is 0 Å². The van der Waals surface area contributed by atoms with Gasteiger partial charge in [-0.05, 0) is 19.3 Å². The van der Waals surface area contributed by atoms with Crippen molar-refractivity contribution in [2.45, 2.75) is 25.3 Å². The molecule has 4 rings (SSSR count).